The number of halogens is 1. The molecule has 2 aromatic heterocycles. The molecule has 0 saturated carbocycles. The van der Waals surface area contributed by atoms with Gasteiger partial charge in [-0.05, 0) is 50.1 Å². The fourth-order valence-electron chi connectivity index (χ4n) is 3.12. The minimum Gasteiger partial charge on any atom is -0.356 e. The zero-order valence-corrected chi connectivity index (χ0v) is 19.6. The van der Waals surface area contributed by atoms with E-state index >= 15 is 0 Å². The van der Waals surface area contributed by atoms with Crippen LogP contribution >= 0.6 is 24.0 Å². The third kappa shape index (κ3) is 6.85. The number of aliphatic imine (C=N–C) groups is 1. The standard InChI is InChI=1S/C22H28N6.HI/c1-17-14-18(2)28(27-17)13-7-12-25-22(23-3)26-16-19-8-6-9-20(15-19)21-10-4-5-11-24-21;/h4-6,8-11,14-15H,7,12-13,16H2,1-3H3,(H2,23,25,26);1H. The van der Waals surface area contributed by atoms with Gasteiger partial charge in [0, 0.05) is 44.1 Å². The van der Waals surface area contributed by atoms with Crippen molar-refractivity contribution >= 4 is 29.9 Å². The highest BCUT2D eigenvalue weighted by Crippen LogP contribution is 2.17. The van der Waals surface area contributed by atoms with Crippen molar-refractivity contribution in [1.82, 2.24) is 25.4 Å². The summed E-state index contributed by atoms with van der Waals surface area (Å²) in [7, 11) is 1.79. The lowest BCUT2D eigenvalue weighted by atomic mass is 10.1. The first kappa shape index (κ1) is 22.9. The molecule has 1 aromatic carbocycles. The summed E-state index contributed by atoms with van der Waals surface area (Å²) in [6.45, 7) is 6.56. The van der Waals surface area contributed by atoms with Crippen molar-refractivity contribution in [3.8, 4) is 11.3 Å². The molecule has 0 atom stereocenters. The van der Waals surface area contributed by atoms with Gasteiger partial charge in [0.25, 0.3) is 0 Å². The number of hydrogen-bond acceptors (Lipinski definition) is 3. The molecule has 154 valence electrons. The average Bonchev–Trinajstić information content (AvgIpc) is 3.05. The number of hydrogen-bond donors (Lipinski definition) is 2. The van der Waals surface area contributed by atoms with E-state index in [9.17, 15) is 0 Å². The number of aryl methyl sites for hydroxylation is 3. The summed E-state index contributed by atoms with van der Waals surface area (Å²) in [6.07, 6.45) is 2.80. The van der Waals surface area contributed by atoms with Crippen molar-refractivity contribution in [3.05, 3.63) is 71.7 Å². The van der Waals surface area contributed by atoms with E-state index in [-0.39, 0.29) is 24.0 Å². The van der Waals surface area contributed by atoms with Crippen LogP contribution in [-0.4, -0.2) is 34.3 Å². The Bertz CT molecular complexity index is 920. The number of pyridine rings is 1. The number of guanidine groups is 1. The Balaban J connectivity index is 0.00000300. The molecule has 0 fully saturated rings. The van der Waals surface area contributed by atoms with Crippen LogP contribution < -0.4 is 10.6 Å². The van der Waals surface area contributed by atoms with Gasteiger partial charge >= 0.3 is 0 Å². The largest absolute Gasteiger partial charge is 0.356 e. The minimum atomic E-state index is 0. The van der Waals surface area contributed by atoms with Gasteiger partial charge in [-0.1, -0.05) is 24.3 Å². The van der Waals surface area contributed by atoms with Gasteiger partial charge in [0.2, 0.25) is 0 Å². The normalized spacial score (nSPS) is 11.1. The molecular weight excluding hydrogens is 475 g/mol. The lowest BCUT2D eigenvalue weighted by Crippen LogP contribution is -2.37. The molecule has 0 unspecified atom stereocenters. The van der Waals surface area contributed by atoms with E-state index in [1.54, 1.807) is 7.05 Å². The molecule has 0 radical (unpaired) electrons. The smallest absolute Gasteiger partial charge is 0.191 e. The van der Waals surface area contributed by atoms with E-state index in [0.717, 1.165) is 42.4 Å². The van der Waals surface area contributed by atoms with Gasteiger partial charge in [-0.25, -0.2) is 0 Å². The van der Waals surface area contributed by atoms with E-state index in [1.165, 1.54) is 11.3 Å². The Morgan fingerprint density at radius 3 is 2.62 bits per heavy atom. The molecule has 29 heavy (non-hydrogen) atoms. The Hall–Kier alpha value is -2.42. The predicted molar refractivity (Wildman–Crippen MR) is 130 cm³/mol. The van der Waals surface area contributed by atoms with Gasteiger partial charge in [-0.3, -0.25) is 14.7 Å². The molecule has 2 N–H and O–H groups in total. The second-order valence-corrected chi connectivity index (χ2v) is 6.77. The minimum absolute atomic E-state index is 0. The van der Waals surface area contributed by atoms with E-state index in [0.29, 0.717) is 6.54 Å². The topological polar surface area (TPSA) is 67.1 Å². The summed E-state index contributed by atoms with van der Waals surface area (Å²) in [5, 5.41) is 11.2. The Morgan fingerprint density at radius 2 is 1.93 bits per heavy atom. The van der Waals surface area contributed by atoms with Crippen molar-refractivity contribution in [2.45, 2.75) is 33.4 Å². The van der Waals surface area contributed by atoms with Gasteiger partial charge in [0.1, 0.15) is 0 Å². The van der Waals surface area contributed by atoms with Crippen LogP contribution in [0, 0.1) is 13.8 Å². The Morgan fingerprint density at radius 1 is 1.07 bits per heavy atom. The predicted octanol–water partition coefficient (Wildman–Crippen LogP) is 3.94. The van der Waals surface area contributed by atoms with Gasteiger partial charge < -0.3 is 10.6 Å². The van der Waals surface area contributed by atoms with Crippen LogP contribution in [0.5, 0.6) is 0 Å². The molecule has 0 amide bonds. The zero-order valence-electron chi connectivity index (χ0n) is 17.2. The Labute approximate surface area is 189 Å². The second-order valence-electron chi connectivity index (χ2n) is 6.77. The van der Waals surface area contributed by atoms with Crippen LogP contribution in [0.1, 0.15) is 23.4 Å². The van der Waals surface area contributed by atoms with Gasteiger partial charge in [-0.15, -0.1) is 24.0 Å². The van der Waals surface area contributed by atoms with E-state index in [2.05, 4.69) is 67.6 Å². The Kier molecular flexibility index (Phi) is 9.11. The number of rotatable bonds is 7. The number of nitrogens with zero attached hydrogens (tertiary/aromatic N) is 4. The SMILES string of the molecule is CN=C(NCCCn1nc(C)cc1C)NCc1cccc(-c2ccccn2)c1.I. The fraction of sp³-hybridized carbons (Fsp3) is 0.318. The van der Waals surface area contributed by atoms with Crippen molar-refractivity contribution in [3.63, 3.8) is 0 Å². The number of benzene rings is 1. The summed E-state index contributed by atoms with van der Waals surface area (Å²) >= 11 is 0. The molecule has 0 saturated heterocycles. The first-order valence-corrected chi connectivity index (χ1v) is 9.61. The molecule has 3 rings (SSSR count). The molecule has 0 bridgehead atoms. The molecule has 0 aliphatic heterocycles. The first-order chi connectivity index (χ1) is 13.7. The summed E-state index contributed by atoms with van der Waals surface area (Å²) < 4.78 is 2.05. The van der Waals surface area contributed by atoms with Crippen molar-refractivity contribution in [2.24, 2.45) is 4.99 Å². The monoisotopic (exact) mass is 504 g/mol. The highest BCUT2D eigenvalue weighted by Gasteiger charge is 2.03. The second kappa shape index (κ2) is 11.5. The van der Waals surface area contributed by atoms with E-state index in [1.807, 2.05) is 31.3 Å². The molecule has 0 aliphatic carbocycles. The summed E-state index contributed by atoms with van der Waals surface area (Å²) in [4.78, 5) is 8.73. The van der Waals surface area contributed by atoms with Crippen LogP contribution in [0.3, 0.4) is 0 Å². The molecule has 2 heterocycles. The van der Waals surface area contributed by atoms with Crippen LogP contribution in [0.2, 0.25) is 0 Å². The quantitative estimate of drug-likeness (QED) is 0.222. The van der Waals surface area contributed by atoms with Crippen molar-refractivity contribution in [2.75, 3.05) is 13.6 Å². The van der Waals surface area contributed by atoms with Crippen LogP contribution in [0.15, 0.2) is 59.7 Å². The van der Waals surface area contributed by atoms with Gasteiger partial charge in [0.15, 0.2) is 5.96 Å². The zero-order chi connectivity index (χ0) is 19.8. The van der Waals surface area contributed by atoms with Crippen LogP contribution in [0.4, 0.5) is 0 Å². The molecule has 0 spiro atoms. The number of aromatic nitrogens is 3. The van der Waals surface area contributed by atoms with Crippen molar-refractivity contribution in [1.29, 1.82) is 0 Å². The van der Waals surface area contributed by atoms with Crippen LogP contribution in [0.25, 0.3) is 11.3 Å². The lowest BCUT2D eigenvalue weighted by Gasteiger charge is -2.13. The maximum absolute atomic E-state index is 4.49. The molecule has 3 aromatic rings. The molecule has 7 heteroatoms. The van der Waals surface area contributed by atoms with E-state index < -0.39 is 0 Å². The highest BCUT2D eigenvalue weighted by molar-refractivity contribution is 14.0. The maximum atomic E-state index is 4.49. The molecule has 0 aliphatic rings. The third-order valence-corrected chi connectivity index (χ3v) is 4.51. The van der Waals surface area contributed by atoms with Crippen molar-refractivity contribution < 1.29 is 0 Å². The summed E-state index contributed by atoms with van der Waals surface area (Å²) in [5.41, 5.74) is 5.56. The first-order valence-electron chi connectivity index (χ1n) is 9.61. The summed E-state index contributed by atoms with van der Waals surface area (Å²) in [6, 6.07) is 16.5. The lowest BCUT2D eigenvalue weighted by molar-refractivity contribution is 0.555. The molecule has 6 nitrogen and oxygen atoms in total. The van der Waals surface area contributed by atoms with Gasteiger partial charge in [0.05, 0.1) is 11.4 Å². The number of nitrogens with one attached hydrogen (secondary N) is 2. The third-order valence-electron chi connectivity index (χ3n) is 4.51. The summed E-state index contributed by atoms with van der Waals surface area (Å²) in [5.74, 6) is 0.802. The van der Waals surface area contributed by atoms with E-state index in [4.69, 9.17) is 0 Å². The fourth-order valence-corrected chi connectivity index (χ4v) is 3.12. The maximum Gasteiger partial charge on any atom is 0.191 e. The van der Waals surface area contributed by atoms with Crippen LogP contribution in [-0.2, 0) is 13.1 Å². The van der Waals surface area contributed by atoms with Gasteiger partial charge in [-0.2, -0.15) is 5.10 Å². The highest BCUT2D eigenvalue weighted by atomic mass is 127. The average molecular weight is 504 g/mol. The molecular formula is C22H29IN6.